The summed E-state index contributed by atoms with van der Waals surface area (Å²) in [5.74, 6) is 0.685. The second-order valence-corrected chi connectivity index (χ2v) is 7.30. The first-order valence-electron chi connectivity index (χ1n) is 9.40. The molecule has 0 spiro atoms. The van der Waals surface area contributed by atoms with Crippen molar-refractivity contribution in [3.05, 3.63) is 30.4 Å². The maximum absolute atomic E-state index is 11.8. The minimum Gasteiger partial charge on any atom is -0.367 e. The van der Waals surface area contributed by atoms with Crippen molar-refractivity contribution in [3.63, 3.8) is 0 Å². The Hall–Kier alpha value is -2.61. The van der Waals surface area contributed by atoms with Gasteiger partial charge in [0.2, 0.25) is 5.91 Å². The number of anilines is 2. The van der Waals surface area contributed by atoms with Gasteiger partial charge in [0.15, 0.2) is 0 Å². The van der Waals surface area contributed by atoms with Crippen LogP contribution < -0.4 is 21.3 Å². The molecule has 3 rings (SSSR count). The summed E-state index contributed by atoms with van der Waals surface area (Å²) >= 11 is 0. The Morgan fingerprint density at radius 1 is 1.22 bits per heavy atom. The lowest BCUT2D eigenvalue weighted by Crippen LogP contribution is -2.37. The molecule has 146 valence electrons. The molecular weight excluding hydrogens is 344 g/mol. The van der Waals surface area contributed by atoms with Gasteiger partial charge in [-0.25, -0.2) is 4.98 Å². The molecule has 2 aliphatic rings. The fourth-order valence-electron chi connectivity index (χ4n) is 3.63. The van der Waals surface area contributed by atoms with E-state index >= 15 is 0 Å². The van der Waals surface area contributed by atoms with Crippen LogP contribution in [0.5, 0.6) is 0 Å². The topological polar surface area (TPSA) is 104 Å². The zero-order chi connectivity index (χ0) is 19.4. The summed E-state index contributed by atoms with van der Waals surface area (Å²) in [6.07, 6.45) is 4.13. The molecule has 2 amide bonds. The Morgan fingerprint density at radius 3 is 2.59 bits per heavy atom. The van der Waals surface area contributed by atoms with Crippen LogP contribution >= 0.6 is 0 Å². The molecule has 0 unspecified atom stereocenters. The van der Waals surface area contributed by atoms with Crippen LogP contribution in [0, 0.1) is 0 Å². The van der Waals surface area contributed by atoms with Crippen molar-refractivity contribution >= 4 is 23.5 Å². The Labute approximate surface area is 159 Å². The van der Waals surface area contributed by atoms with E-state index < -0.39 is 5.91 Å². The molecule has 27 heavy (non-hydrogen) atoms. The number of pyridine rings is 1. The number of primary amides is 1. The van der Waals surface area contributed by atoms with Crippen molar-refractivity contribution in [2.45, 2.75) is 31.3 Å². The van der Waals surface area contributed by atoms with Gasteiger partial charge in [0, 0.05) is 25.2 Å². The lowest BCUT2D eigenvalue weighted by molar-refractivity contribution is -0.117. The van der Waals surface area contributed by atoms with E-state index in [1.54, 1.807) is 6.07 Å². The molecule has 2 aliphatic heterocycles. The number of piperidine rings is 1. The third-order valence-corrected chi connectivity index (χ3v) is 5.25. The first-order chi connectivity index (χ1) is 13.0. The highest BCUT2D eigenvalue weighted by atomic mass is 16.1. The molecule has 3 heterocycles. The van der Waals surface area contributed by atoms with Crippen molar-refractivity contribution in [2.75, 3.05) is 43.4 Å². The number of aromatic nitrogens is 1. The smallest absolute Gasteiger partial charge is 0.252 e. The monoisotopic (exact) mass is 372 g/mol. The van der Waals surface area contributed by atoms with Crippen LogP contribution in [0.1, 0.15) is 29.6 Å². The lowest BCUT2D eigenvalue weighted by atomic mass is 10.1. The van der Waals surface area contributed by atoms with Gasteiger partial charge >= 0.3 is 0 Å². The number of nitrogens with two attached hydrogens (primary N) is 1. The number of rotatable bonds is 6. The third-order valence-electron chi connectivity index (χ3n) is 5.25. The van der Waals surface area contributed by atoms with E-state index in [9.17, 15) is 9.59 Å². The van der Waals surface area contributed by atoms with E-state index in [-0.39, 0.29) is 18.0 Å². The van der Waals surface area contributed by atoms with Gasteiger partial charge in [-0.1, -0.05) is 6.58 Å². The number of likely N-dealkylation sites (tertiary alicyclic amines) is 1. The van der Waals surface area contributed by atoms with Gasteiger partial charge in [-0.3, -0.25) is 9.59 Å². The Bertz CT molecular complexity index is 714. The van der Waals surface area contributed by atoms with Crippen LogP contribution in [0.3, 0.4) is 0 Å². The van der Waals surface area contributed by atoms with Gasteiger partial charge in [0.05, 0.1) is 5.56 Å². The van der Waals surface area contributed by atoms with Crippen molar-refractivity contribution in [1.29, 1.82) is 0 Å². The molecule has 0 aliphatic carbocycles. The van der Waals surface area contributed by atoms with Crippen molar-refractivity contribution in [3.8, 4) is 0 Å². The summed E-state index contributed by atoms with van der Waals surface area (Å²) in [6.45, 7) is 6.98. The van der Waals surface area contributed by atoms with Gasteiger partial charge in [-0.05, 0) is 57.6 Å². The zero-order valence-corrected chi connectivity index (χ0v) is 15.8. The quantitative estimate of drug-likeness (QED) is 0.631. The number of hydrogen-bond acceptors (Lipinski definition) is 6. The SMILES string of the molecule is C=CC(=O)N[C@H]1CCN(c2ccc(C(N)=O)c(NC3CCN(C)CC3)n2)C1. The number of hydrogen-bond donors (Lipinski definition) is 3. The van der Waals surface area contributed by atoms with E-state index in [0.29, 0.717) is 17.9 Å². The zero-order valence-electron chi connectivity index (χ0n) is 15.8. The Kier molecular flexibility index (Phi) is 5.95. The van der Waals surface area contributed by atoms with Gasteiger partial charge in [-0.2, -0.15) is 0 Å². The second-order valence-electron chi connectivity index (χ2n) is 7.30. The van der Waals surface area contributed by atoms with Crippen LogP contribution in [0.4, 0.5) is 11.6 Å². The highest BCUT2D eigenvalue weighted by Crippen LogP contribution is 2.24. The molecule has 1 aromatic heterocycles. The minimum atomic E-state index is -0.484. The molecule has 8 nitrogen and oxygen atoms in total. The van der Waals surface area contributed by atoms with Gasteiger partial charge < -0.3 is 26.2 Å². The van der Waals surface area contributed by atoms with Gasteiger partial charge in [-0.15, -0.1) is 0 Å². The average Bonchev–Trinajstić information content (AvgIpc) is 3.11. The van der Waals surface area contributed by atoms with Gasteiger partial charge in [0.1, 0.15) is 11.6 Å². The highest BCUT2D eigenvalue weighted by molar-refractivity contribution is 5.98. The summed E-state index contributed by atoms with van der Waals surface area (Å²) in [5, 5.41) is 6.34. The number of nitrogens with zero attached hydrogens (tertiary/aromatic N) is 3. The van der Waals surface area contributed by atoms with Gasteiger partial charge in [0.25, 0.3) is 5.91 Å². The fraction of sp³-hybridized carbons (Fsp3) is 0.526. The molecule has 0 saturated carbocycles. The Morgan fingerprint density at radius 2 is 1.93 bits per heavy atom. The standard InChI is InChI=1S/C19H28N6O2/c1-3-17(26)21-14-8-11-25(12-14)16-5-4-15(18(20)27)19(23-16)22-13-6-9-24(2)10-7-13/h3-5,13-14H,1,6-12H2,2H3,(H2,20,27)(H,21,26)(H,22,23)/t14-/m0/s1. The maximum atomic E-state index is 11.8. The largest absolute Gasteiger partial charge is 0.367 e. The third kappa shape index (κ3) is 4.77. The van der Waals surface area contributed by atoms with Crippen molar-refractivity contribution < 1.29 is 9.59 Å². The lowest BCUT2D eigenvalue weighted by Gasteiger charge is -2.30. The molecule has 0 radical (unpaired) electrons. The van der Waals surface area contributed by atoms with E-state index in [2.05, 4.69) is 34.1 Å². The summed E-state index contributed by atoms with van der Waals surface area (Å²) in [4.78, 5) is 32.4. The number of carbonyl (C=O) groups excluding carboxylic acids is 2. The number of carbonyl (C=O) groups is 2. The average molecular weight is 372 g/mol. The van der Waals surface area contributed by atoms with Crippen LogP contribution in [0.2, 0.25) is 0 Å². The normalized spacial score (nSPS) is 21.1. The van der Waals surface area contributed by atoms with Crippen LogP contribution in [0.15, 0.2) is 24.8 Å². The summed E-state index contributed by atoms with van der Waals surface area (Å²) in [6, 6.07) is 3.90. The summed E-state index contributed by atoms with van der Waals surface area (Å²) in [5.41, 5.74) is 5.95. The molecule has 0 bridgehead atoms. The molecule has 2 saturated heterocycles. The van der Waals surface area contributed by atoms with Crippen molar-refractivity contribution in [1.82, 2.24) is 15.2 Å². The second kappa shape index (κ2) is 8.39. The predicted molar refractivity (Wildman–Crippen MR) is 106 cm³/mol. The van der Waals surface area contributed by atoms with E-state index in [1.165, 1.54) is 6.08 Å². The van der Waals surface area contributed by atoms with E-state index in [4.69, 9.17) is 10.7 Å². The van der Waals surface area contributed by atoms with Crippen LogP contribution in [-0.4, -0.2) is 67.0 Å². The fourth-order valence-corrected chi connectivity index (χ4v) is 3.63. The molecule has 1 aromatic rings. The van der Waals surface area contributed by atoms with Crippen LogP contribution in [0.25, 0.3) is 0 Å². The van der Waals surface area contributed by atoms with Crippen molar-refractivity contribution in [2.24, 2.45) is 5.73 Å². The molecule has 8 heteroatoms. The van der Waals surface area contributed by atoms with E-state index in [0.717, 1.165) is 44.7 Å². The highest BCUT2D eigenvalue weighted by Gasteiger charge is 2.26. The summed E-state index contributed by atoms with van der Waals surface area (Å²) < 4.78 is 0. The Balaban J connectivity index is 1.72. The molecule has 0 aromatic carbocycles. The van der Waals surface area contributed by atoms with E-state index in [1.807, 2.05) is 6.07 Å². The van der Waals surface area contributed by atoms with Crippen LogP contribution in [-0.2, 0) is 4.79 Å². The molecule has 1 atom stereocenters. The predicted octanol–water partition coefficient (Wildman–Crippen LogP) is 0.568. The molecule has 4 N–H and O–H groups in total. The summed E-state index contributed by atoms with van der Waals surface area (Å²) in [7, 11) is 2.11. The first-order valence-corrected chi connectivity index (χ1v) is 9.40. The number of amides is 2. The minimum absolute atomic E-state index is 0.0680. The molecular formula is C19H28N6O2. The number of nitrogens with one attached hydrogen (secondary N) is 2. The molecule has 2 fully saturated rings. The first kappa shape index (κ1) is 19.2. The maximum Gasteiger partial charge on any atom is 0.252 e.